The Morgan fingerprint density at radius 1 is 1.30 bits per heavy atom. The molecule has 0 spiro atoms. The number of Topliss-reactive ketones (excluding diaryl/α,β-unsaturated/α-hetero) is 1. The minimum Gasteiger partial charge on any atom is -0.339 e. The molecule has 9 heteroatoms. The van der Waals surface area contributed by atoms with Gasteiger partial charge in [0.15, 0.2) is 10.8 Å². The Labute approximate surface area is 158 Å². The highest BCUT2D eigenvalue weighted by molar-refractivity contribution is 7.89. The van der Waals surface area contributed by atoms with Gasteiger partial charge in [-0.25, -0.2) is 13.4 Å². The van der Waals surface area contributed by atoms with Crippen LogP contribution in [-0.4, -0.2) is 47.1 Å². The number of carbonyl (C=O) groups excluding carboxylic acids is 2. The fraction of sp³-hybridized carbons (Fsp3) is 0.389. The third-order valence-corrected chi connectivity index (χ3v) is 6.33. The first-order valence-corrected chi connectivity index (χ1v) is 10.1. The fourth-order valence-electron chi connectivity index (χ4n) is 3.09. The van der Waals surface area contributed by atoms with Gasteiger partial charge in [-0.3, -0.25) is 9.59 Å². The molecule has 1 fully saturated rings. The summed E-state index contributed by atoms with van der Waals surface area (Å²) in [6, 6.07) is 6.70. The van der Waals surface area contributed by atoms with Crippen LogP contribution in [0, 0.1) is 5.92 Å². The van der Waals surface area contributed by atoms with Gasteiger partial charge < -0.3 is 9.88 Å². The summed E-state index contributed by atoms with van der Waals surface area (Å²) in [5, 5.41) is 2.78. The number of aryl methyl sites for hydroxylation is 1. The zero-order chi connectivity index (χ0) is 19.6. The van der Waals surface area contributed by atoms with Gasteiger partial charge in [-0.2, -0.15) is 4.31 Å². The van der Waals surface area contributed by atoms with Gasteiger partial charge in [-0.1, -0.05) is 12.1 Å². The standard InChI is InChI=1S/C18H22N4O4S/c1-13(23)14-5-3-7-16(9-14)20-18(24)15-6-4-8-22(10-15)27(25,26)17-11-21(2)12-19-17/h3,5,7,9,11-12,15H,4,6,8,10H2,1-2H3,(H,20,24)/t15-/m0/s1. The first kappa shape index (κ1) is 19.2. The number of aromatic nitrogens is 2. The summed E-state index contributed by atoms with van der Waals surface area (Å²) in [7, 11) is -2.02. The Bertz CT molecular complexity index is 967. The van der Waals surface area contributed by atoms with Crippen molar-refractivity contribution in [2.24, 2.45) is 13.0 Å². The molecule has 1 amide bonds. The third kappa shape index (κ3) is 4.25. The number of ketones is 1. The number of nitrogens with zero attached hydrogens (tertiary/aromatic N) is 3. The van der Waals surface area contributed by atoms with E-state index in [1.54, 1.807) is 35.9 Å². The lowest BCUT2D eigenvalue weighted by molar-refractivity contribution is -0.120. The van der Waals surface area contributed by atoms with Crippen LogP contribution in [0.25, 0.3) is 0 Å². The van der Waals surface area contributed by atoms with E-state index in [0.29, 0.717) is 30.6 Å². The summed E-state index contributed by atoms with van der Waals surface area (Å²) in [6.07, 6.45) is 4.08. The van der Waals surface area contributed by atoms with E-state index in [-0.39, 0.29) is 23.3 Å². The molecular formula is C18H22N4O4S. The number of nitrogens with one attached hydrogen (secondary N) is 1. The highest BCUT2D eigenvalue weighted by Crippen LogP contribution is 2.24. The molecule has 0 saturated carbocycles. The zero-order valence-electron chi connectivity index (χ0n) is 15.3. The molecular weight excluding hydrogens is 368 g/mol. The maximum atomic E-state index is 12.7. The summed E-state index contributed by atoms with van der Waals surface area (Å²) < 4.78 is 28.3. The summed E-state index contributed by atoms with van der Waals surface area (Å²) in [5.74, 6) is -0.800. The first-order valence-electron chi connectivity index (χ1n) is 8.67. The molecule has 1 aliphatic heterocycles. The molecule has 0 bridgehead atoms. The molecule has 0 unspecified atom stereocenters. The van der Waals surface area contributed by atoms with Crippen molar-refractivity contribution in [1.82, 2.24) is 13.9 Å². The molecule has 0 radical (unpaired) electrons. The van der Waals surface area contributed by atoms with E-state index in [9.17, 15) is 18.0 Å². The van der Waals surface area contributed by atoms with E-state index in [2.05, 4.69) is 10.3 Å². The Morgan fingerprint density at radius 2 is 2.07 bits per heavy atom. The van der Waals surface area contributed by atoms with Crippen LogP contribution < -0.4 is 5.32 Å². The predicted octanol–water partition coefficient (Wildman–Crippen LogP) is 1.66. The average Bonchev–Trinajstić information content (AvgIpc) is 3.09. The highest BCUT2D eigenvalue weighted by atomic mass is 32.2. The number of rotatable bonds is 5. The Kier molecular flexibility index (Phi) is 5.43. The van der Waals surface area contributed by atoms with Crippen molar-refractivity contribution in [2.45, 2.75) is 24.8 Å². The second kappa shape index (κ2) is 7.61. The van der Waals surface area contributed by atoms with Crippen molar-refractivity contribution in [3.8, 4) is 0 Å². The van der Waals surface area contributed by atoms with Crippen LogP contribution in [0.1, 0.15) is 30.1 Å². The van der Waals surface area contributed by atoms with E-state index >= 15 is 0 Å². The van der Waals surface area contributed by atoms with Crippen molar-refractivity contribution in [3.63, 3.8) is 0 Å². The number of benzene rings is 1. The fourth-order valence-corrected chi connectivity index (χ4v) is 4.58. The van der Waals surface area contributed by atoms with Crippen LogP contribution in [0.3, 0.4) is 0 Å². The van der Waals surface area contributed by atoms with Gasteiger partial charge in [0.05, 0.1) is 12.2 Å². The SMILES string of the molecule is CC(=O)c1cccc(NC(=O)[C@H]2CCCN(S(=O)(=O)c3cn(C)cn3)C2)c1. The van der Waals surface area contributed by atoms with E-state index in [1.807, 2.05) is 0 Å². The lowest BCUT2D eigenvalue weighted by atomic mass is 9.98. The monoisotopic (exact) mass is 390 g/mol. The van der Waals surface area contributed by atoms with Gasteiger partial charge in [0.1, 0.15) is 0 Å². The number of sulfonamides is 1. The Balaban J connectivity index is 1.71. The molecule has 8 nitrogen and oxygen atoms in total. The molecule has 1 atom stereocenters. The number of carbonyl (C=O) groups is 2. The number of amides is 1. The van der Waals surface area contributed by atoms with E-state index in [0.717, 1.165) is 0 Å². The minimum atomic E-state index is -3.72. The minimum absolute atomic E-state index is 0.0137. The van der Waals surface area contributed by atoms with E-state index in [1.165, 1.54) is 23.8 Å². The maximum Gasteiger partial charge on any atom is 0.262 e. The van der Waals surface area contributed by atoms with Gasteiger partial charge in [0.25, 0.3) is 10.0 Å². The molecule has 1 aromatic carbocycles. The molecule has 144 valence electrons. The molecule has 2 heterocycles. The molecule has 0 aliphatic carbocycles. The number of imidazole rings is 1. The van der Waals surface area contributed by atoms with Gasteiger partial charge in [0, 0.05) is 37.6 Å². The van der Waals surface area contributed by atoms with Crippen molar-refractivity contribution in [2.75, 3.05) is 18.4 Å². The van der Waals surface area contributed by atoms with Crippen LogP contribution >= 0.6 is 0 Å². The topological polar surface area (TPSA) is 101 Å². The maximum absolute atomic E-state index is 12.7. The zero-order valence-corrected chi connectivity index (χ0v) is 16.1. The van der Waals surface area contributed by atoms with E-state index in [4.69, 9.17) is 0 Å². The van der Waals surface area contributed by atoms with Crippen LogP contribution in [-0.2, 0) is 21.9 Å². The summed E-state index contributed by atoms with van der Waals surface area (Å²) in [5.41, 5.74) is 1.04. The summed E-state index contributed by atoms with van der Waals surface area (Å²) in [6.45, 7) is 1.93. The number of hydrogen-bond acceptors (Lipinski definition) is 5. The van der Waals surface area contributed by atoms with Crippen LogP contribution in [0.5, 0.6) is 0 Å². The van der Waals surface area contributed by atoms with Gasteiger partial charge in [-0.05, 0) is 31.9 Å². The molecule has 1 aromatic heterocycles. The van der Waals surface area contributed by atoms with Crippen LogP contribution in [0.4, 0.5) is 5.69 Å². The lowest BCUT2D eigenvalue weighted by Gasteiger charge is -2.30. The molecule has 1 saturated heterocycles. The second-order valence-electron chi connectivity index (χ2n) is 6.71. The van der Waals surface area contributed by atoms with Gasteiger partial charge in [0.2, 0.25) is 5.91 Å². The predicted molar refractivity (Wildman–Crippen MR) is 99.8 cm³/mol. The van der Waals surface area contributed by atoms with Gasteiger partial charge >= 0.3 is 0 Å². The first-order chi connectivity index (χ1) is 12.8. The normalized spacial score (nSPS) is 18.2. The number of anilines is 1. The lowest BCUT2D eigenvalue weighted by Crippen LogP contribution is -2.43. The summed E-state index contributed by atoms with van der Waals surface area (Å²) in [4.78, 5) is 28.0. The number of piperidine rings is 1. The quantitative estimate of drug-likeness (QED) is 0.783. The van der Waals surface area contributed by atoms with Crippen molar-refractivity contribution in [3.05, 3.63) is 42.4 Å². The summed E-state index contributed by atoms with van der Waals surface area (Å²) >= 11 is 0. The highest BCUT2D eigenvalue weighted by Gasteiger charge is 2.34. The number of hydrogen-bond donors (Lipinski definition) is 1. The van der Waals surface area contributed by atoms with Crippen LogP contribution in [0.15, 0.2) is 41.8 Å². The van der Waals surface area contributed by atoms with E-state index < -0.39 is 15.9 Å². The molecule has 3 rings (SSSR count). The molecule has 1 N–H and O–H groups in total. The molecule has 2 aromatic rings. The smallest absolute Gasteiger partial charge is 0.262 e. The van der Waals surface area contributed by atoms with Crippen LogP contribution in [0.2, 0.25) is 0 Å². The molecule has 27 heavy (non-hydrogen) atoms. The molecule has 1 aliphatic rings. The van der Waals surface area contributed by atoms with Crippen molar-refractivity contribution < 1.29 is 18.0 Å². The van der Waals surface area contributed by atoms with Gasteiger partial charge in [-0.15, -0.1) is 0 Å². The van der Waals surface area contributed by atoms with Crippen molar-refractivity contribution in [1.29, 1.82) is 0 Å². The second-order valence-corrected chi connectivity index (χ2v) is 8.59. The largest absolute Gasteiger partial charge is 0.339 e. The Hall–Kier alpha value is -2.52. The Morgan fingerprint density at radius 3 is 2.74 bits per heavy atom. The average molecular weight is 390 g/mol. The van der Waals surface area contributed by atoms with Crippen molar-refractivity contribution >= 4 is 27.4 Å². The third-order valence-electron chi connectivity index (χ3n) is 4.58.